The summed E-state index contributed by atoms with van der Waals surface area (Å²) in [4.78, 5) is 1.15. The Morgan fingerprint density at radius 1 is 1.47 bits per heavy atom. The third-order valence-corrected chi connectivity index (χ3v) is 3.98. The fourth-order valence-corrected chi connectivity index (χ4v) is 2.78. The molecule has 4 heteroatoms. The Hall–Kier alpha value is -0.380. The zero-order chi connectivity index (χ0) is 10.7. The zero-order valence-electron chi connectivity index (χ0n) is 8.50. The normalized spacial score (nSPS) is 16.3. The molecule has 0 radical (unpaired) electrons. The molecule has 1 aliphatic heterocycles. The highest BCUT2D eigenvalue weighted by Gasteiger charge is 2.15. The molecule has 2 nitrogen and oxygen atoms in total. The minimum Gasteiger partial charge on any atom is -0.398 e. The molecule has 1 fully saturated rings. The highest BCUT2D eigenvalue weighted by Crippen LogP contribution is 2.29. The fourth-order valence-electron chi connectivity index (χ4n) is 1.54. The third-order valence-electron chi connectivity index (χ3n) is 2.62. The predicted octanol–water partition coefficient (Wildman–Crippen LogP) is 2.62. The van der Waals surface area contributed by atoms with Gasteiger partial charge in [0.15, 0.2) is 0 Å². The van der Waals surface area contributed by atoms with Crippen LogP contribution in [0.25, 0.3) is 0 Å². The number of thioether (sulfide) groups is 1. The maximum Gasteiger partial charge on any atom is 0.0467 e. The van der Waals surface area contributed by atoms with Gasteiger partial charge in [-0.25, -0.2) is 0 Å². The number of anilines is 1. The molecule has 0 amide bonds. The van der Waals surface area contributed by atoms with Crippen molar-refractivity contribution in [3.8, 4) is 0 Å². The summed E-state index contributed by atoms with van der Waals surface area (Å²) >= 11 is 7.66. The topological polar surface area (TPSA) is 38.0 Å². The van der Waals surface area contributed by atoms with Gasteiger partial charge in [0.05, 0.1) is 0 Å². The van der Waals surface area contributed by atoms with Gasteiger partial charge in [0.2, 0.25) is 0 Å². The SMILES string of the molecule is Nc1cc(Cl)ccc1SCCC1CNC1. The first kappa shape index (κ1) is 11.1. The molecule has 1 saturated heterocycles. The Bertz CT molecular complexity index is 339. The Labute approximate surface area is 99.6 Å². The van der Waals surface area contributed by atoms with Crippen LogP contribution in [-0.2, 0) is 0 Å². The molecular weight excluding hydrogens is 228 g/mol. The molecule has 1 aromatic rings. The molecular formula is C11H15ClN2S. The smallest absolute Gasteiger partial charge is 0.0467 e. The van der Waals surface area contributed by atoms with Crippen molar-refractivity contribution in [1.29, 1.82) is 0 Å². The van der Waals surface area contributed by atoms with E-state index in [4.69, 9.17) is 17.3 Å². The van der Waals surface area contributed by atoms with Crippen LogP contribution < -0.4 is 11.1 Å². The Balaban J connectivity index is 1.81. The number of hydrogen-bond donors (Lipinski definition) is 2. The molecule has 0 aliphatic carbocycles. The highest BCUT2D eigenvalue weighted by atomic mass is 35.5. The van der Waals surface area contributed by atoms with E-state index in [9.17, 15) is 0 Å². The minimum atomic E-state index is 0.708. The van der Waals surface area contributed by atoms with Crippen molar-refractivity contribution >= 4 is 29.1 Å². The zero-order valence-corrected chi connectivity index (χ0v) is 10.1. The van der Waals surface area contributed by atoms with Gasteiger partial charge in [0.25, 0.3) is 0 Å². The van der Waals surface area contributed by atoms with Crippen LogP contribution in [0.4, 0.5) is 5.69 Å². The van der Waals surface area contributed by atoms with Crippen molar-refractivity contribution in [3.05, 3.63) is 23.2 Å². The van der Waals surface area contributed by atoms with E-state index >= 15 is 0 Å². The molecule has 0 aromatic heterocycles. The first-order valence-electron chi connectivity index (χ1n) is 5.14. The summed E-state index contributed by atoms with van der Waals surface area (Å²) in [6, 6.07) is 5.71. The van der Waals surface area contributed by atoms with Gasteiger partial charge in [-0.1, -0.05) is 11.6 Å². The predicted molar refractivity (Wildman–Crippen MR) is 67.6 cm³/mol. The summed E-state index contributed by atoms with van der Waals surface area (Å²) in [6.45, 7) is 2.35. The Kier molecular flexibility index (Phi) is 3.78. The second-order valence-corrected chi connectivity index (χ2v) is 5.42. The van der Waals surface area contributed by atoms with E-state index in [2.05, 4.69) is 5.32 Å². The maximum atomic E-state index is 5.87. The average molecular weight is 243 g/mol. The second kappa shape index (κ2) is 5.10. The second-order valence-electron chi connectivity index (χ2n) is 3.84. The van der Waals surface area contributed by atoms with Crippen LogP contribution in [0.2, 0.25) is 5.02 Å². The number of hydrogen-bond acceptors (Lipinski definition) is 3. The molecule has 0 spiro atoms. The van der Waals surface area contributed by atoms with E-state index in [0.29, 0.717) is 5.02 Å². The van der Waals surface area contributed by atoms with Crippen LogP contribution in [0.3, 0.4) is 0 Å². The average Bonchev–Trinajstić information content (AvgIpc) is 2.12. The van der Waals surface area contributed by atoms with Gasteiger partial charge < -0.3 is 11.1 Å². The van der Waals surface area contributed by atoms with Gasteiger partial charge in [-0.15, -0.1) is 11.8 Å². The molecule has 0 unspecified atom stereocenters. The van der Waals surface area contributed by atoms with Crippen molar-refractivity contribution in [2.75, 3.05) is 24.6 Å². The summed E-state index contributed by atoms with van der Waals surface area (Å²) in [7, 11) is 0. The van der Waals surface area contributed by atoms with Gasteiger partial charge >= 0.3 is 0 Å². The molecule has 0 bridgehead atoms. The van der Waals surface area contributed by atoms with Crippen LogP contribution in [0.15, 0.2) is 23.1 Å². The van der Waals surface area contributed by atoms with E-state index in [0.717, 1.165) is 22.3 Å². The molecule has 0 atom stereocenters. The largest absolute Gasteiger partial charge is 0.398 e. The Morgan fingerprint density at radius 3 is 2.87 bits per heavy atom. The maximum absolute atomic E-state index is 5.87. The Morgan fingerprint density at radius 2 is 2.27 bits per heavy atom. The number of nitrogens with one attached hydrogen (secondary N) is 1. The molecule has 1 aromatic carbocycles. The van der Waals surface area contributed by atoms with Gasteiger partial charge in [-0.05, 0) is 49.4 Å². The lowest BCUT2D eigenvalue weighted by atomic mass is 10.0. The number of nitrogen functional groups attached to an aromatic ring is 1. The van der Waals surface area contributed by atoms with E-state index < -0.39 is 0 Å². The van der Waals surface area contributed by atoms with Gasteiger partial charge in [0, 0.05) is 15.6 Å². The first-order chi connectivity index (χ1) is 7.25. The lowest BCUT2D eigenvalue weighted by Gasteiger charge is -2.26. The number of benzene rings is 1. The lowest BCUT2D eigenvalue weighted by molar-refractivity contribution is 0.341. The summed E-state index contributed by atoms with van der Waals surface area (Å²) in [6.07, 6.45) is 1.26. The standard InChI is InChI=1S/C11H15ClN2S/c12-9-1-2-11(10(13)5-9)15-4-3-8-6-14-7-8/h1-2,5,8,14H,3-4,6-7,13H2. The third kappa shape index (κ3) is 3.03. The monoisotopic (exact) mass is 242 g/mol. The molecule has 3 N–H and O–H groups in total. The van der Waals surface area contributed by atoms with E-state index in [1.807, 2.05) is 30.0 Å². The lowest BCUT2D eigenvalue weighted by Crippen LogP contribution is -2.42. The van der Waals surface area contributed by atoms with Gasteiger partial charge in [-0.2, -0.15) is 0 Å². The molecule has 15 heavy (non-hydrogen) atoms. The molecule has 2 rings (SSSR count). The van der Waals surface area contributed by atoms with Gasteiger partial charge in [-0.3, -0.25) is 0 Å². The van der Waals surface area contributed by atoms with Crippen molar-refractivity contribution in [1.82, 2.24) is 5.32 Å². The van der Waals surface area contributed by atoms with Crippen LogP contribution in [-0.4, -0.2) is 18.8 Å². The van der Waals surface area contributed by atoms with Crippen LogP contribution in [0, 0.1) is 5.92 Å². The number of nitrogens with two attached hydrogens (primary N) is 1. The summed E-state index contributed by atoms with van der Waals surface area (Å²) < 4.78 is 0. The van der Waals surface area contributed by atoms with Crippen LogP contribution in [0.1, 0.15) is 6.42 Å². The summed E-state index contributed by atoms with van der Waals surface area (Å²) in [5.74, 6) is 2.00. The fraction of sp³-hybridized carbons (Fsp3) is 0.455. The molecule has 0 saturated carbocycles. The highest BCUT2D eigenvalue weighted by molar-refractivity contribution is 7.99. The number of halogens is 1. The van der Waals surface area contributed by atoms with E-state index in [1.165, 1.54) is 19.5 Å². The van der Waals surface area contributed by atoms with Gasteiger partial charge in [0.1, 0.15) is 0 Å². The quantitative estimate of drug-likeness (QED) is 0.630. The van der Waals surface area contributed by atoms with E-state index in [-0.39, 0.29) is 0 Å². The van der Waals surface area contributed by atoms with Crippen LogP contribution in [0.5, 0.6) is 0 Å². The summed E-state index contributed by atoms with van der Waals surface area (Å²) in [5, 5.41) is 3.99. The van der Waals surface area contributed by atoms with Crippen molar-refractivity contribution in [2.24, 2.45) is 5.92 Å². The van der Waals surface area contributed by atoms with Crippen molar-refractivity contribution in [2.45, 2.75) is 11.3 Å². The van der Waals surface area contributed by atoms with Crippen molar-refractivity contribution in [3.63, 3.8) is 0 Å². The van der Waals surface area contributed by atoms with Crippen molar-refractivity contribution < 1.29 is 0 Å². The molecule has 1 heterocycles. The first-order valence-corrected chi connectivity index (χ1v) is 6.50. The number of rotatable bonds is 4. The molecule has 82 valence electrons. The van der Waals surface area contributed by atoms with Crippen LogP contribution >= 0.6 is 23.4 Å². The molecule has 1 aliphatic rings. The summed E-state index contributed by atoms with van der Waals surface area (Å²) in [5.41, 5.74) is 6.66. The van der Waals surface area contributed by atoms with E-state index in [1.54, 1.807) is 0 Å². The minimum absolute atomic E-state index is 0.708.